The number of carbonyl (C=O) groups is 2. The van der Waals surface area contributed by atoms with Gasteiger partial charge in [-0.25, -0.2) is 0 Å². The van der Waals surface area contributed by atoms with Crippen LogP contribution in [0.15, 0.2) is 0 Å². The zero-order valence-corrected chi connectivity index (χ0v) is 12.6. The average molecular weight is 294 g/mol. The number of ether oxygens (including phenoxy) is 1. The second-order valence-corrected chi connectivity index (χ2v) is 4.80. The van der Waals surface area contributed by atoms with E-state index in [-0.39, 0.29) is 36.7 Å². The molecule has 0 aromatic rings. The first kappa shape index (κ1) is 18.1. The standard InChI is InChI=1S/C12H23N3O3.ClH/c1-9(2)11(14-10(16)8-18-3)12(17)15-6-4-13-5-7-15;/h9,11,13H,4-8H2,1-3H3,(H,14,16);1H/t11-;/m0./s1. The van der Waals surface area contributed by atoms with Gasteiger partial charge >= 0.3 is 0 Å². The molecule has 0 unspecified atom stereocenters. The van der Waals surface area contributed by atoms with E-state index in [4.69, 9.17) is 4.74 Å². The quantitative estimate of drug-likeness (QED) is 0.725. The SMILES string of the molecule is COCC(=O)N[C@H](C(=O)N1CCNCC1)C(C)C.Cl. The van der Waals surface area contributed by atoms with Gasteiger partial charge in [0.1, 0.15) is 12.6 Å². The van der Waals surface area contributed by atoms with Gasteiger partial charge < -0.3 is 20.3 Å². The van der Waals surface area contributed by atoms with E-state index in [1.165, 1.54) is 7.11 Å². The molecule has 0 radical (unpaired) electrons. The molecule has 1 fully saturated rings. The molecule has 0 aromatic carbocycles. The molecule has 0 spiro atoms. The number of carbonyl (C=O) groups excluding carboxylic acids is 2. The van der Waals surface area contributed by atoms with Gasteiger partial charge in [-0.1, -0.05) is 13.8 Å². The van der Waals surface area contributed by atoms with Gasteiger partial charge in [-0.15, -0.1) is 12.4 Å². The lowest BCUT2D eigenvalue weighted by Crippen LogP contribution is -2.56. The van der Waals surface area contributed by atoms with Crippen LogP contribution in [0.1, 0.15) is 13.8 Å². The van der Waals surface area contributed by atoms with E-state index in [0.717, 1.165) is 13.1 Å². The van der Waals surface area contributed by atoms with Crippen LogP contribution in [0.4, 0.5) is 0 Å². The number of methoxy groups -OCH3 is 1. The lowest BCUT2D eigenvalue weighted by atomic mass is 10.0. The number of halogens is 1. The summed E-state index contributed by atoms with van der Waals surface area (Å²) in [4.78, 5) is 25.6. The summed E-state index contributed by atoms with van der Waals surface area (Å²) in [6, 6.07) is -0.467. The van der Waals surface area contributed by atoms with Crippen LogP contribution < -0.4 is 10.6 Å². The van der Waals surface area contributed by atoms with Crippen molar-refractivity contribution in [2.45, 2.75) is 19.9 Å². The highest BCUT2D eigenvalue weighted by Gasteiger charge is 2.29. The highest BCUT2D eigenvalue weighted by Crippen LogP contribution is 2.07. The normalized spacial score (nSPS) is 16.7. The van der Waals surface area contributed by atoms with Crippen molar-refractivity contribution in [1.82, 2.24) is 15.5 Å². The van der Waals surface area contributed by atoms with E-state index >= 15 is 0 Å². The number of nitrogens with one attached hydrogen (secondary N) is 2. The van der Waals surface area contributed by atoms with Crippen LogP contribution in [0.2, 0.25) is 0 Å². The second-order valence-electron chi connectivity index (χ2n) is 4.80. The molecule has 7 heteroatoms. The van der Waals surface area contributed by atoms with E-state index in [1.54, 1.807) is 4.90 Å². The van der Waals surface area contributed by atoms with Gasteiger partial charge in [0.25, 0.3) is 0 Å². The summed E-state index contributed by atoms with van der Waals surface area (Å²) < 4.78 is 4.76. The largest absolute Gasteiger partial charge is 0.375 e. The summed E-state index contributed by atoms with van der Waals surface area (Å²) in [7, 11) is 1.46. The van der Waals surface area contributed by atoms with Gasteiger partial charge in [-0.2, -0.15) is 0 Å². The first-order valence-corrected chi connectivity index (χ1v) is 6.34. The van der Waals surface area contributed by atoms with Gasteiger partial charge in [-0.05, 0) is 5.92 Å². The molecule has 0 saturated carbocycles. The van der Waals surface area contributed by atoms with Crippen LogP contribution >= 0.6 is 12.4 Å². The summed E-state index contributed by atoms with van der Waals surface area (Å²) in [5.41, 5.74) is 0. The third-order valence-electron chi connectivity index (χ3n) is 2.95. The smallest absolute Gasteiger partial charge is 0.246 e. The van der Waals surface area contributed by atoms with E-state index < -0.39 is 6.04 Å². The van der Waals surface area contributed by atoms with Crippen molar-refractivity contribution >= 4 is 24.2 Å². The van der Waals surface area contributed by atoms with Crippen LogP contribution in [-0.4, -0.2) is 62.7 Å². The minimum Gasteiger partial charge on any atom is -0.375 e. The molecule has 1 rings (SSSR count). The Balaban J connectivity index is 0.00000324. The summed E-state index contributed by atoms with van der Waals surface area (Å²) in [5, 5.41) is 5.94. The van der Waals surface area contributed by atoms with Gasteiger partial charge in [0.2, 0.25) is 11.8 Å². The lowest BCUT2D eigenvalue weighted by molar-refractivity contribution is -0.139. The molecule has 1 aliphatic rings. The Morgan fingerprint density at radius 3 is 2.37 bits per heavy atom. The number of amides is 2. The van der Waals surface area contributed by atoms with Crippen LogP contribution in [0.25, 0.3) is 0 Å². The Kier molecular flexibility index (Phi) is 8.71. The third-order valence-corrected chi connectivity index (χ3v) is 2.95. The maximum atomic E-state index is 12.3. The van der Waals surface area contributed by atoms with Crippen molar-refractivity contribution in [2.24, 2.45) is 5.92 Å². The monoisotopic (exact) mass is 293 g/mol. The van der Waals surface area contributed by atoms with Crippen LogP contribution in [-0.2, 0) is 14.3 Å². The fourth-order valence-corrected chi connectivity index (χ4v) is 1.94. The minimum absolute atomic E-state index is 0. The first-order chi connectivity index (χ1) is 8.56. The predicted molar refractivity (Wildman–Crippen MR) is 75.3 cm³/mol. The first-order valence-electron chi connectivity index (χ1n) is 6.34. The van der Waals surface area contributed by atoms with Gasteiger partial charge in [0.15, 0.2) is 0 Å². The van der Waals surface area contributed by atoms with Crippen LogP contribution in [0.3, 0.4) is 0 Å². The third kappa shape index (κ3) is 5.76. The highest BCUT2D eigenvalue weighted by atomic mass is 35.5. The molecule has 1 heterocycles. The lowest BCUT2D eigenvalue weighted by Gasteiger charge is -2.32. The van der Waals surface area contributed by atoms with Crippen molar-refractivity contribution < 1.29 is 14.3 Å². The summed E-state index contributed by atoms with van der Waals surface area (Å²) in [6.07, 6.45) is 0. The molecule has 2 amide bonds. The fourth-order valence-electron chi connectivity index (χ4n) is 1.94. The molecular weight excluding hydrogens is 270 g/mol. The molecule has 112 valence electrons. The van der Waals surface area contributed by atoms with Gasteiger partial charge in [0.05, 0.1) is 0 Å². The molecule has 1 atom stereocenters. The van der Waals surface area contributed by atoms with Crippen molar-refractivity contribution in [1.29, 1.82) is 0 Å². The molecule has 0 aromatic heterocycles. The van der Waals surface area contributed by atoms with E-state index in [9.17, 15) is 9.59 Å². The fraction of sp³-hybridized carbons (Fsp3) is 0.833. The average Bonchev–Trinajstić information content (AvgIpc) is 2.36. The zero-order valence-electron chi connectivity index (χ0n) is 11.8. The topological polar surface area (TPSA) is 70.7 Å². The van der Waals surface area contributed by atoms with Crippen LogP contribution in [0, 0.1) is 5.92 Å². The molecule has 6 nitrogen and oxygen atoms in total. The van der Waals surface area contributed by atoms with E-state index in [1.807, 2.05) is 13.8 Å². The van der Waals surface area contributed by atoms with E-state index in [0.29, 0.717) is 13.1 Å². The Labute approximate surface area is 120 Å². The number of nitrogens with zero attached hydrogens (tertiary/aromatic N) is 1. The molecule has 0 aliphatic carbocycles. The van der Waals surface area contributed by atoms with Gasteiger partial charge in [0, 0.05) is 33.3 Å². The molecule has 0 bridgehead atoms. The second kappa shape index (κ2) is 9.12. The summed E-state index contributed by atoms with van der Waals surface area (Å²) >= 11 is 0. The van der Waals surface area contributed by atoms with Crippen molar-refractivity contribution in [3.63, 3.8) is 0 Å². The molecule has 19 heavy (non-hydrogen) atoms. The Morgan fingerprint density at radius 2 is 1.89 bits per heavy atom. The Bertz CT molecular complexity index is 294. The summed E-state index contributed by atoms with van der Waals surface area (Å²) in [6.45, 7) is 6.85. The van der Waals surface area contributed by atoms with E-state index in [2.05, 4.69) is 10.6 Å². The highest BCUT2D eigenvalue weighted by molar-refractivity contribution is 5.88. The van der Waals surface area contributed by atoms with Crippen LogP contribution in [0.5, 0.6) is 0 Å². The summed E-state index contributed by atoms with van der Waals surface area (Å²) in [5.74, 6) is -0.191. The maximum Gasteiger partial charge on any atom is 0.246 e. The van der Waals surface area contributed by atoms with Crippen molar-refractivity contribution in [3.05, 3.63) is 0 Å². The maximum absolute atomic E-state index is 12.3. The molecule has 1 aliphatic heterocycles. The van der Waals surface area contributed by atoms with Crippen molar-refractivity contribution in [3.8, 4) is 0 Å². The number of hydrogen-bond acceptors (Lipinski definition) is 4. The number of rotatable bonds is 5. The predicted octanol–water partition coefficient (Wildman–Crippen LogP) is -0.373. The van der Waals surface area contributed by atoms with Gasteiger partial charge in [-0.3, -0.25) is 9.59 Å². The number of piperazine rings is 1. The Morgan fingerprint density at radius 1 is 1.32 bits per heavy atom. The Hall–Kier alpha value is -0.850. The molecule has 1 saturated heterocycles. The minimum atomic E-state index is -0.467. The molecular formula is C12H24ClN3O3. The van der Waals surface area contributed by atoms with Crippen molar-refractivity contribution in [2.75, 3.05) is 39.9 Å². The number of hydrogen-bond donors (Lipinski definition) is 2. The zero-order chi connectivity index (χ0) is 13.5. The molecule has 2 N–H and O–H groups in total.